The van der Waals surface area contributed by atoms with Crippen LogP contribution in [0.15, 0.2) is 0 Å². The van der Waals surface area contributed by atoms with Crippen LogP contribution in [0, 0.1) is 17.3 Å². The van der Waals surface area contributed by atoms with E-state index in [9.17, 15) is 9.90 Å². The summed E-state index contributed by atoms with van der Waals surface area (Å²) in [5.41, 5.74) is 5.57. The number of amides is 1. The Kier molecular flexibility index (Phi) is 2.45. The third-order valence-corrected chi connectivity index (χ3v) is 6.58. The molecule has 5 heteroatoms. The van der Waals surface area contributed by atoms with E-state index in [2.05, 4.69) is 12.2 Å². The Hall–Kier alpha value is -0.650. The fourth-order valence-electron chi connectivity index (χ4n) is 5.52. The van der Waals surface area contributed by atoms with Crippen molar-refractivity contribution in [3.05, 3.63) is 0 Å². The SMILES string of the molecule is C[C@H]1OC2(CO)CC1(C1CC13CC(C(N)=O)CCN3)C2. The molecule has 20 heavy (non-hydrogen) atoms. The van der Waals surface area contributed by atoms with Gasteiger partial charge in [0.15, 0.2) is 0 Å². The van der Waals surface area contributed by atoms with E-state index < -0.39 is 0 Å². The zero-order chi connectivity index (χ0) is 14.2. The van der Waals surface area contributed by atoms with Crippen molar-refractivity contribution in [2.24, 2.45) is 23.0 Å². The Morgan fingerprint density at radius 2 is 2.20 bits per heavy atom. The lowest BCUT2D eigenvalue weighted by atomic mass is 9.56. The van der Waals surface area contributed by atoms with Crippen molar-refractivity contribution in [1.82, 2.24) is 5.32 Å². The molecule has 2 bridgehead atoms. The number of fused-ring (bicyclic) bond motifs is 1. The Morgan fingerprint density at radius 1 is 1.45 bits per heavy atom. The number of nitrogens with one attached hydrogen (secondary N) is 1. The average Bonchev–Trinajstić information content (AvgIpc) is 2.86. The van der Waals surface area contributed by atoms with Gasteiger partial charge in [0.2, 0.25) is 5.91 Å². The molecule has 0 radical (unpaired) electrons. The summed E-state index contributed by atoms with van der Waals surface area (Å²) in [4.78, 5) is 11.5. The van der Waals surface area contributed by atoms with Crippen molar-refractivity contribution < 1.29 is 14.6 Å². The third kappa shape index (κ3) is 1.46. The van der Waals surface area contributed by atoms with Crippen LogP contribution < -0.4 is 11.1 Å². The van der Waals surface area contributed by atoms with Gasteiger partial charge in [0, 0.05) is 16.9 Å². The Bertz CT molecular complexity index is 460. The highest BCUT2D eigenvalue weighted by atomic mass is 16.5. The summed E-state index contributed by atoms with van der Waals surface area (Å²) in [7, 11) is 0. The number of hydrogen-bond acceptors (Lipinski definition) is 4. The Morgan fingerprint density at radius 3 is 2.80 bits per heavy atom. The molecule has 0 aromatic carbocycles. The number of nitrogens with two attached hydrogens (primary N) is 1. The number of piperidine rings is 1. The van der Waals surface area contributed by atoms with Gasteiger partial charge < -0.3 is 20.9 Å². The lowest BCUT2D eigenvalue weighted by Crippen LogP contribution is -2.53. The van der Waals surface area contributed by atoms with Crippen LogP contribution in [0.25, 0.3) is 0 Å². The second-order valence-electron chi connectivity index (χ2n) is 7.62. The summed E-state index contributed by atoms with van der Waals surface area (Å²) in [6, 6.07) is 0. The van der Waals surface area contributed by atoms with Crippen LogP contribution in [0.4, 0.5) is 0 Å². The molecule has 0 aromatic heterocycles. The number of ether oxygens (including phenoxy) is 1. The van der Waals surface area contributed by atoms with E-state index in [0.29, 0.717) is 5.92 Å². The Labute approximate surface area is 119 Å². The zero-order valence-electron chi connectivity index (χ0n) is 12.0. The van der Waals surface area contributed by atoms with Crippen molar-refractivity contribution in [1.29, 1.82) is 0 Å². The largest absolute Gasteiger partial charge is 0.393 e. The lowest BCUT2D eigenvalue weighted by molar-refractivity contribution is -0.123. The molecule has 3 saturated heterocycles. The van der Waals surface area contributed by atoms with Gasteiger partial charge in [-0.05, 0) is 51.5 Å². The summed E-state index contributed by atoms with van der Waals surface area (Å²) < 4.78 is 6.02. The maximum atomic E-state index is 11.5. The fraction of sp³-hybridized carbons (Fsp3) is 0.933. The molecule has 4 N–H and O–H groups in total. The van der Waals surface area contributed by atoms with Crippen LogP contribution in [0.5, 0.6) is 0 Å². The molecule has 3 aliphatic heterocycles. The van der Waals surface area contributed by atoms with E-state index >= 15 is 0 Å². The molecule has 3 unspecified atom stereocenters. The van der Waals surface area contributed by atoms with Crippen LogP contribution >= 0.6 is 0 Å². The molecule has 2 aliphatic carbocycles. The van der Waals surface area contributed by atoms with E-state index in [1.807, 2.05) is 0 Å². The molecule has 0 aromatic rings. The predicted octanol–water partition coefficient (Wildman–Crippen LogP) is 0.160. The van der Waals surface area contributed by atoms with Gasteiger partial charge in [0.25, 0.3) is 0 Å². The van der Waals surface area contributed by atoms with E-state index in [-0.39, 0.29) is 41.1 Å². The quantitative estimate of drug-likeness (QED) is 0.687. The van der Waals surface area contributed by atoms with Crippen molar-refractivity contribution in [3.8, 4) is 0 Å². The number of primary amides is 1. The number of carbonyl (C=O) groups is 1. The standard InChI is InChI=1S/C15H24N2O3/c1-9-14(6-13(7-14,8-18)20-9)11-5-15(11)4-10(12(16)19)2-3-17-15/h9-11,17-18H,2-8H2,1H3,(H2,16,19)/t9-,10?,11?,13?,14?,15?/m1/s1. The molecule has 1 spiro atoms. The van der Waals surface area contributed by atoms with E-state index in [1.165, 1.54) is 0 Å². The van der Waals surface area contributed by atoms with Gasteiger partial charge in [-0.3, -0.25) is 4.79 Å². The Balaban J connectivity index is 1.52. The molecular weight excluding hydrogens is 256 g/mol. The van der Waals surface area contributed by atoms with Gasteiger partial charge in [-0.1, -0.05) is 0 Å². The first-order valence-corrected chi connectivity index (χ1v) is 7.78. The summed E-state index contributed by atoms with van der Waals surface area (Å²) in [5.74, 6) is 0.454. The molecule has 5 fully saturated rings. The van der Waals surface area contributed by atoms with Gasteiger partial charge in [0.1, 0.15) is 0 Å². The van der Waals surface area contributed by atoms with Crippen molar-refractivity contribution in [2.75, 3.05) is 13.2 Å². The molecule has 1 amide bonds. The predicted molar refractivity (Wildman–Crippen MR) is 72.8 cm³/mol. The van der Waals surface area contributed by atoms with E-state index in [4.69, 9.17) is 10.5 Å². The van der Waals surface area contributed by atoms with Gasteiger partial charge in [-0.25, -0.2) is 0 Å². The van der Waals surface area contributed by atoms with Crippen LogP contribution in [-0.4, -0.2) is 41.4 Å². The second-order valence-corrected chi connectivity index (χ2v) is 7.62. The van der Waals surface area contributed by atoms with Crippen molar-refractivity contribution in [3.63, 3.8) is 0 Å². The molecule has 5 rings (SSSR count). The fourth-order valence-corrected chi connectivity index (χ4v) is 5.52. The van der Waals surface area contributed by atoms with E-state index in [1.54, 1.807) is 0 Å². The maximum Gasteiger partial charge on any atom is 0.220 e. The van der Waals surface area contributed by atoms with Gasteiger partial charge in [-0.15, -0.1) is 0 Å². The van der Waals surface area contributed by atoms with Crippen LogP contribution in [0.1, 0.15) is 39.0 Å². The van der Waals surface area contributed by atoms with Crippen LogP contribution in [0.3, 0.4) is 0 Å². The summed E-state index contributed by atoms with van der Waals surface area (Å²) >= 11 is 0. The molecule has 2 saturated carbocycles. The normalized spacial score (nSPS) is 56.6. The summed E-state index contributed by atoms with van der Waals surface area (Å²) in [5, 5.41) is 13.2. The molecule has 112 valence electrons. The first-order valence-electron chi connectivity index (χ1n) is 7.78. The smallest absolute Gasteiger partial charge is 0.220 e. The van der Waals surface area contributed by atoms with Gasteiger partial charge in [0.05, 0.1) is 18.3 Å². The average molecular weight is 280 g/mol. The van der Waals surface area contributed by atoms with E-state index in [0.717, 1.165) is 38.6 Å². The molecule has 5 nitrogen and oxygen atoms in total. The minimum Gasteiger partial charge on any atom is -0.393 e. The van der Waals surface area contributed by atoms with Crippen LogP contribution in [-0.2, 0) is 9.53 Å². The monoisotopic (exact) mass is 280 g/mol. The minimum atomic E-state index is -0.263. The number of rotatable bonds is 3. The highest BCUT2D eigenvalue weighted by Gasteiger charge is 2.76. The minimum absolute atomic E-state index is 0.0259. The second kappa shape index (κ2) is 3.76. The molecule has 4 atom stereocenters. The zero-order valence-corrected chi connectivity index (χ0v) is 12.0. The summed E-state index contributed by atoms with van der Waals surface area (Å²) in [6.07, 6.45) is 5.05. The van der Waals surface area contributed by atoms with Gasteiger partial charge >= 0.3 is 0 Å². The number of aliphatic hydroxyl groups is 1. The maximum absolute atomic E-state index is 11.5. The highest BCUT2D eigenvalue weighted by Crippen LogP contribution is 2.73. The van der Waals surface area contributed by atoms with Crippen LogP contribution in [0.2, 0.25) is 0 Å². The topological polar surface area (TPSA) is 84.6 Å². The number of carbonyl (C=O) groups excluding carboxylic acids is 1. The summed E-state index contributed by atoms with van der Waals surface area (Å²) in [6.45, 7) is 3.17. The number of aliphatic hydroxyl groups excluding tert-OH is 1. The first-order chi connectivity index (χ1) is 9.45. The van der Waals surface area contributed by atoms with Gasteiger partial charge in [-0.2, -0.15) is 0 Å². The first kappa shape index (κ1) is 13.0. The molecule has 3 heterocycles. The third-order valence-electron chi connectivity index (χ3n) is 6.58. The highest BCUT2D eigenvalue weighted by molar-refractivity contribution is 5.77. The lowest BCUT2D eigenvalue weighted by Gasteiger charge is -2.46. The number of hydrogen-bond donors (Lipinski definition) is 3. The van der Waals surface area contributed by atoms with Crippen molar-refractivity contribution >= 4 is 5.91 Å². The van der Waals surface area contributed by atoms with Crippen molar-refractivity contribution in [2.45, 2.75) is 56.3 Å². The molecular formula is C15H24N2O3. The molecule has 5 aliphatic rings.